The van der Waals surface area contributed by atoms with Crippen molar-refractivity contribution in [2.75, 3.05) is 38.4 Å². The van der Waals surface area contributed by atoms with Gasteiger partial charge in [0.25, 0.3) is 0 Å². The summed E-state index contributed by atoms with van der Waals surface area (Å²) in [6.07, 6.45) is 5.52. The van der Waals surface area contributed by atoms with Crippen molar-refractivity contribution in [2.45, 2.75) is 37.2 Å². The van der Waals surface area contributed by atoms with Crippen LogP contribution in [-0.4, -0.2) is 48.8 Å². The van der Waals surface area contributed by atoms with Gasteiger partial charge >= 0.3 is 0 Å². The zero-order chi connectivity index (χ0) is 24.5. The van der Waals surface area contributed by atoms with Crippen LogP contribution < -0.4 is 14.8 Å². The predicted molar refractivity (Wildman–Crippen MR) is 139 cm³/mol. The van der Waals surface area contributed by atoms with Crippen LogP contribution in [0.4, 0.5) is 5.13 Å². The number of nitrogens with zero attached hydrogens (tertiary/aromatic N) is 2. The Labute approximate surface area is 219 Å². The fourth-order valence-corrected chi connectivity index (χ4v) is 6.08. The molecule has 1 saturated heterocycles. The lowest BCUT2D eigenvalue weighted by atomic mass is 9.94. The minimum absolute atomic E-state index is 0.0495. The van der Waals surface area contributed by atoms with E-state index in [1.165, 1.54) is 24.2 Å². The minimum Gasteiger partial charge on any atom is -0.454 e. The van der Waals surface area contributed by atoms with Gasteiger partial charge < -0.3 is 24.4 Å². The summed E-state index contributed by atoms with van der Waals surface area (Å²) >= 11 is 7.98. The van der Waals surface area contributed by atoms with Gasteiger partial charge in [0.1, 0.15) is 6.10 Å². The maximum Gasteiger partial charge on any atom is 0.236 e. The van der Waals surface area contributed by atoms with E-state index < -0.39 is 5.41 Å². The first-order valence-corrected chi connectivity index (χ1v) is 13.6. The van der Waals surface area contributed by atoms with Gasteiger partial charge in [0, 0.05) is 23.3 Å². The number of halogens is 1. The molecular formula is C27H28ClN3O4S. The lowest BCUT2D eigenvalue weighted by Gasteiger charge is -2.20. The van der Waals surface area contributed by atoms with Crippen LogP contribution in [0.2, 0.25) is 5.02 Å². The maximum absolute atomic E-state index is 13.3. The monoisotopic (exact) mass is 525 g/mol. The molecule has 0 bridgehead atoms. The number of hydrogen-bond donors (Lipinski definition) is 1. The molecule has 3 aromatic rings. The van der Waals surface area contributed by atoms with Crippen LogP contribution in [0.15, 0.2) is 48.7 Å². The van der Waals surface area contributed by atoms with Gasteiger partial charge in [-0.25, -0.2) is 4.98 Å². The smallest absolute Gasteiger partial charge is 0.236 e. The van der Waals surface area contributed by atoms with Crippen LogP contribution in [0.1, 0.15) is 47.8 Å². The average Bonchev–Trinajstić information content (AvgIpc) is 3.24. The van der Waals surface area contributed by atoms with E-state index in [1.54, 1.807) is 6.20 Å². The van der Waals surface area contributed by atoms with Crippen molar-refractivity contribution in [1.82, 2.24) is 9.88 Å². The van der Waals surface area contributed by atoms with E-state index in [0.717, 1.165) is 54.2 Å². The standard InChI is InChI=1S/C27H28ClN3O4S/c28-20-6-2-1-5-19(20)24(33-14-13-31-11-3-4-12-31)23-16-29-26(36-23)30-25(32)27(9-10-27)18-7-8-21-22(15-18)35-17-34-21/h1-2,5-8,15-16,24H,3-4,9-14,17H2,(H,29,30,32). The summed E-state index contributed by atoms with van der Waals surface area (Å²) < 4.78 is 17.3. The number of carbonyl (C=O) groups is 1. The number of hydrogen-bond acceptors (Lipinski definition) is 7. The van der Waals surface area contributed by atoms with Gasteiger partial charge in [0.15, 0.2) is 16.6 Å². The van der Waals surface area contributed by atoms with Gasteiger partial charge in [-0.1, -0.05) is 47.2 Å². The van der Waals surface area contributed by atoms with E-state index in [1.807, 2.05) is 42.5 Å². The fraction of sp³-hybridized carbons (Fsp3) is 0.407. The first kappa shape index (κ1) is 23.7. The summed E-state index contributed by atoms with van der Waals surface area (Å²) in [4.78, 5) is 21.2. The SMILES string of the molecule is O=C(Nc1ncc(C(OCCN2CCCC2)c2ccccc2Cl)s1)C1(c2ccc3c(c2)OCO3)CC1. The van der Waals surface area contributed by atoms with E-state index in [4.69, 9.17) is 25.8 Å². The number of fused-ring (bicyclic) bond motifs is 1. The Morgan fingerprint density at radius 1 is 1.17 bits per heavy atom. The second-order valence-corrected chi connectivity index (χ2v) is 11.0. The number of benzene rings is 2. The molecule has 188 valence electrons. The number of anilines is 1. The minimum atomic E-state index is -0.554. The third-order valence-corrected chi connectivity index (χ3v) is 8.49. The van der Waals surface area contributed by atoms with Crippen molar-refractivity contribution in [3.05, 3.63) is 69.7 Å². The van der Waals surface area contributed by atoms with Gasteiger partial charge in [-0.3, -0.25) is 4.79 Å². The highest BCUT2D eigenvalue weighted by molar-refractivity contribution is 7.15. The molecular weight excluding hydrogens is 498 g/mol. The van der Waals surface area contributed by atoms with Crippen molar-refractivity contribution >= 4 is 34.0 Å². The molecule has 0 spiro atoms. The normalized spacial score (nSPS) is 18.8. The van der Waals surface area contributed by atoms with Gasteiger partial charge in [-0.15, -0.1) is 0 Å². The summed E-state index contributed by atoms with van der Waals surface area (Å²) in [6, 6.07) is 13.5. The first-order valence-electron chi connectivity index (χ1n) is 12.4. The average molecular weight is 526 g/mol. The van der Waals surface area contributed by atoms with Crippen LogP contribution >= 0.6 is 22.9 Å². The zero-order valence-corrected chi connectivity index (χ0v) is 21.4. The molecule has 2 aromatic carbocycles. The largest absolute Gasteiger partial charge is 0.454 e. The topological polar surface area (TPSA) is 72.9 Å². The fourth-order valence-electron chi connectivity index (χ4n) is 4.97. The summed E-state index contributed by atoms with van der Waals surface area (Å²) in [5.74, 6) is 1.36. The Kier molecular flexibility index (Phi) is 6.60. The molecule has 3 aliphatic rings. The Morgan fingerprint density at radius 3 is 2.78 bits per heavy atom. The quantitative estimate of drug-likeness (QED) is 0.403. The molecule has 1 atom stereocenters. The van der Waals surface area contributed by atoms with Crippen molar-refractivity contribution in [3.63, 3.8) is 0 Å². The number of carbonyl (C=O) groups excluding carboxylic acids is 1. The molecule has 1 aromatic heterocycles. The molecule has 2 fully saturated rings. The molecule has 1 saturated carbocycles. The van der Waals surface area contributed by atoms with E-state index in [0.29, 0.717) is 22.5 Å². The van der Waals surface area contributed by atoms with E-state index in [2.05, 4.69) is 15.2 Å². The highest BCUT2D eigenvalue weighted by Crippen LogP contribution is 2.51. The van der Waals surface area contributed by atoms with E-state index in [-0.39, 0.29) is 18.8 Å². The molecule has 0 radical (unpaired) electrons. The number of likely N-dealkylation sites (tertiary alicyclic amines) is 1. The van der Waals surface area contributed by atoms with Gasteiger partial charge in [0.2, 0.25) is 12.7 Å². The highest BCUT2D eigenvalue weighted by Gasteiger charge is 2.52. The molecule has 36 heavy (non-hydrogen) atoms. The number of rotatable bonds is 9. The van der Waals surface area contributed by atoms with Crippen molar-refractivity contribution < 1.29 is 19.0 Å². The number of amides is 1. The Bertz CT molecular complexity index is 1260. The Hall–Kier alpha value is -2.65. The molecule has 2 aliphatic heterocycles. The maximum atomic E-state index is 13.3. The number of nitrogens with one attached hydrogen (secondary N) is 1. The Balaban J connectivity index is 1.18. The van der Waals surface area contributed by atoms with Gasteiger partial charge in [-0.2, -0.15) is 0 Å². The second kappa shape index (κ2) is 10.0. The van der Waals surface area contributed by atoms with E-state index in [9.17, 15) is 4.79 Å². The summed E-state index contributed by atoms with van der Waals surface area (Å²) in [7, 11) is 0. The Morgan fingerprint density at radius 2 is 1.97 bits per heavy atom. The molecule has 1 unspecified atom stereocenters. The van der Waals surface area contributed by atoms with Crippen LogP contribution in [0.25, 0.3) is 0 Å². The highest BCUT2D eigenvalue weighted by atomic mass is 35.5. The predicted octanol–water partition coefficient (Wildman–Crippen LogP) is 5.40. The van der Waals surface area contributed by atoms with Crippen LogP contribution in [0.5, 0.6) is 11.5 Å². The number of thiazole rings is 1. The van der Waals surface area contributed by atoms with Crippen LogP contribution in [-0.2, 0) is 14.9 Å². The molecule has 9 heteroatoms. The van der Waals surface area contributed by atoms with Crippen LogP contribution in [0.3, 0.4) is 0 Å². The summed E-state index contributed by atoms with van der Waals surface area (Å²) in [5.41, 5.74) is 1.29. The first-order chi connectivity index (χ1) is 17.6. The van der Waals surface area contributed by atoms with Crippen molar-refractivity contribution in [2.24, 2.45) is 0 Å². The number of aromatic nitrogens is 1. The lowest BCUT2D eigenvalue weighted by molar-refractivity contribution is -0.118. The summed E-state index contributed by atoms with van der Waals surface area (Å²) in [5, 5.41) is 4.27. The third kappa shape index (κ3) is 4.70. The van der Waals surface area contributed by atoms with Gasteiger partial charge in [-0.05, 0) is 62.5 Å². The number of ether oxygens (including phenoxy) is 3. The molecule has 3 heterocycles. The van der Waals surface area contributed by atoms with Crippen LogP contribution in [0, 0.1) is 0 Å². The van der Waals surface area contributed by atoms with Gasteiger partial charge in [0.05, 0.1) is 16.9 Å². The molecule has 7 nitrogen and oxygen atoms in total. The molecule has 6 rings (SSSR count). The molecule has 1 aliphatic carbocycles. The second-order valence-electron chi connectivity index (χ2n) is 9.49. The lowest BCUT2D eigenvalue weighted by Crippen LogP contribution is -2.27. The zero-order valence-electron chi connectivity index (χ0n) is 19.9. The summed E-state index contributed by atoms with van der Waals surface area (Å²) in [6.45, 7) is 3.96. The van der Waals surface area contributed by atoms with E-state index >= 15 is 0 Å². The molecule has 1 N–H and O–H groups in total. The van der Waals surface area contributed by atoms with Crippen molar-refractivity contribution in [3.8, 4) is 11.5 Å². The third-order valence-electron chi connectivity index (χ3n) is 7.19. The molecule has 1 amide bonds. The van der Waals surface area contributed by atoms with Crippen molar-refractivity contribution in [1.29, 1.82) is 0 Å².